The second kappa shape index (κ2) is 10.7. The number of benzene rings is 1. The summed E-state index contributed by atoms with van der Waals surface area (Å²) in [6.45, 7) is 1.87. The van der Waals surface area contributed by atoms with E-state index in [2.05, 4.69) is 0 Å². The summed E-state index contributed by atoms with van der Waals surface area (Å²) in [7, 11) is -0.321. The molecule has 1 fully saturated rings. The van der Waals surface area contributed by atoms with Gasteiger partial charge in [-0.25, -0.2) is 8.42 Å². The molecule has 1 amide bonds. The third-order valence-electron chi connectivity index (χ3n) is 5.77. The molecule has 8 nitrogen and oxygen atoms in total. The molecule has 0 unspecified atom stereocenters. The number of amides is 1. The predicted molar refractivity (Wildman–Crippen MR) is 142 cm³/mol. The fraction of sp³-hybridized carbons (Fsp3) is 0.364. The number of nitrogens with one attached hydrogen (secondary N) is 1. The molecule has 3 aromatic rings. The number of hydrogen-bond acceptors (Lipinski definition) is 7. The lowest BCUT2D eigenvalue weighted by molar-refractivity contribution is 0.0703. The number of carbonyl (C=O) groups excluding carboxylic acids is 1. The molecule has 0 radical (unpaired) electrons. The van der Waals surface area contributed by atoms with Crippen molar-refractivity contribution < 1.29 is 17.9 Å². The number of likely N-dealkylation sites (N-methyl/N-ethyl adjacent to an activating group) is 1. The lowest BCUT2D eigenvalue weighted by Crippen LogP contribution is -2.50. The minimum absolute atomic E-state index is 0.189. The van der Waals surface area contributed by atoms with Crippen molar-refractivity contribution in [2.75, 3.05) is 53.5 Å². The van der Waals surface area contributed by atoms with E-state index in [-0.39, 0.29) is 47.2 Å². The maximum atomic E-state index is 13.2. The molecule has 188 valence electrons. The van der Waals surface area contributed by atoms with Crippen LogP contribution in [0.3, 0.4) is 0 Å². The number of nitrogens with zero attached hydrogens (tertiary/aromatic N) is 3. The van der Waals surface area contributed by atoms with Crippen LogP contribution in [0, 0.1) is 5.41 Å². The minimum atomic E-state index is -3.68. The average Bonchev–Trinajstić information content (AvgIpc) is 3.45. The van der Waals surface area contributed by atoms with E-state index in [0.29, 0.717) is 28.6 Å². The molecule has 13 heteroatoms. The SMILES string of the molecule is COCCN(C)C(=N)c1csc(C(=O)N2CCN(S(=O)(=O)c3cc4ccc(Cl)cc4s3)CC2)c1Cl. The molecule has 4 rings (SSSR count). The van der Waals surface area contributed by atoms with Gasteiger partial charge in [0.1, 0.15) is 14.9 Å². The smallest absolute Gasteiger partial charge is 0.265 e. The normalized spacial score (nSPS) is 15.0. The van der Waals surface area contributed by atoms with Crippen LogP contribution < -0.4 is 0 Å². The van der Waals surface area contributed by atoms with Crippen LogP contribution >= 0.6 is 45.9 Å². The van der Waals surface area contributed by atoms with Crippen LogP contribution in [0.15, 0.2) is 33.9 Å². The first-order valence-corrected chi connectivity index (χ1v) is 14.6. The third-order valence-corrected chi connectivity index (χ3v) is 10.9. The van der Waals surface area contributed by atoms with Gasteiger partial charge >= 0.3 is 0 Å². The lowest BCUT2D eigenvalue weighted by Gasteiger charge is -2.33. The Hall–Kier alpha value is -1.73. The molecular formula is C22H24Cl2N4O4S3. The zero-order valence-electron chi connectivity index (χ0n) is 19.1. The third kappa shape index (κ3) is 5.36. The van der Waals surface area contributed by atoms with Crippen molar-refractivity contribution in [3.63, 3.8) is 0 Å². The highest BCUT2D eigenvalue weighted by Crippen LogP contribution is 2.34. The Morgan fingerprint density at radius 3 is 2.60 bits per heavy atom. The van der Waals surface area contributed by atoms with Gasteiger partial charge in [-0.2, -0.15) is 4.31 Å². The van der Waals surface area contributed by atoms with Gasteiger partial charge in [0, 0.05) is 67.5 Å². The summed E-state index contributed by atoms with van der Waals surface area (Å²) < 4.78 is 33.9. The summed E-state index contributed by atoms with van der Waals surface area (Å²) in [5, 5.41) is 11.7. The molecule has 0 aliphatic carbocycles. The Kier molecular flexibility index (Phi) is 8.06. The van der Waals surface area contributed by atoms with E-state index in [4.69, 9.17) is 33.3 Å². The standard InChI is InChI=1S/C22H24Cl2N4O4S3/c1-26(9-10-32-2)21(25)16-13-33-20(19(16)24)22(29)27-5-7-28(8-6-27)35(30,31)18-11-14-3-4-15(23)12-17(14)34-18/h3-4,11-13,25H,5-10H2,1-2H3. The van der Waals surface area contributed by atoms with E-state index in [9.17, 15) is 13.2 Å². The van der Waals surface area contributed by atoms with Crippen LogP contribution in [-0.2, 0) is 14.8 Å². The Morgan fingerprint density at radius 1 is 1.20 bits per heavy atom. The van der Waals surface area contributed by atoms with Gasteiger partial charge in [-0.3, -0.25) is 10.2 Å². The lowest BCUT2D eigenvalue weighted by atomic mass is 10.2. The van der Waals surface area contributed by atoms with Crippen LogP contribution in [0.2, 0.25) is 10.0 Å². The summed E-state index contributed by atoms with van der Waals surface area (Å²) in [6.07, 6.45) is 0. The van der Waals surface area contributed by atoms with E-state index >= 15 is 0 Å². The molecule has 1 aromatic carbocycles. The van der Waals surface area contributed by atoms with Crippen molar-refractivity contribution in [3.05, 3.63) is 50.1 Å². The van der Waals surface area contributed by atoms with E-state index < -0.39 is 10.0 Å². The largest absolute Gasteiger partial charge is 0.383 e. The number of thiophene rings is 2. The van der Waals surface area contributed by atoms with Crippen LogP contribution in [0.4, 0.5) is 0 Å². The van der Waals surface area contributed by atoms with E-state index in [0.717, 1.165) is 10.1 Å². The van der Waals surface area contributed by atoms with Crippen LogP contribution in [0.5, 0.6) is 0 Å². The first-order chi connectivity index (χ1) is 16.6. The average molecular weight is 576 g/mol. The topological polar surface area (TPSA) is 94.0 Å². The number of ether oxygens (including phenoxy) is 1. The Bertz CT molecular complexity index is 1360. The number of fused-ring (bicyclic) bond motifs is 1. The summed E-state index contributed by atoms with van der Waals surface area (Å²) in [4.78, 5) is 16.8. The van der Waals surface area contributed by atoms with Gasteiger partial charge in [-0.05, 0) is 23.6 Å². The number of carbonyl (C=O) groups is 1. The molecule has 35 heavy (non-hydrogen) atoms. The van der Waals surface area contributed by atoms with Crippen molar-refractivity contribution in [2.24, 2.45) is 0 Å². The number of sulfonamides is 1. The van der Waals surface area contributed by atoms with Gasteiger partial charge in [-0.1, -0.05) is 29.3 Å². The number of halogens is 2. The van der Waals surface area contributed by atoms with Crippen molar-refractivity contribution >= 4 is 77.7 Å². The van der Waals surface area contributed by atoms with Gasteiger partial charge in [0.05, 0.1) is 11.6 Å². The molecule has 2 aromatic heterocycles. The van der Waals surface area contributed by atoms with Crippen molar-refractivity contribution in [1.29, 1.82) is 5.41 Å². The van der Waals surface area contributed by atoms with E-state index in [1.54, 1.807) is 53.6 Å². The predicted octanol–water partition coefficient (Wildman–Crippen LogP) is 4.32. The number of amidine groups is 1. The molecule has 1 N–H and O–H groups in total. The van der Waals surface area contributed by atoms with E-state index in [1.807, 2.05) is 0 Å². The van der Waals surface area contributed by atoms with Crippen LogP contribution in [0.1, 0.15) is 15.2 Å². The Morgan fingerprint density at radius 2 is 1.91 bits per heavy atom. The first kappa shape index (κ1) is 26.3. The molecule has 3 heterocycles. The van der Waals surface area contributed by atoms with Gasteiger partial charge in [0.25, 0.3) is 15.9 Å². The molecular weight excluding hydrogens is 551 g/mol. The highest BCUT2D eigenvalue weighted by molar-refractivity contribution is 7.91. The van der Waals surface area contributed by atoms with Gasteiger partial charge in [0.2, 0.25) is 0 Å². The van der Waals surface area contributed by atoms with Crippen molar-refractivity contribution in [2.45, 2.75) is 4.21 Å². The minimum Gasteiger partial charge on any atom is -0.383 e. The van der Waals surface area contributed by atoms with Crippen LogP contribution in [-0.4, -0.2) is 87.8 Å². The zero-order chi connectivity index (χ0) is 25.3. The van der Waals surface area contributed by atoms with Gasteiger partial charge < -0.3 is 14.5 Å². The number of methoxy groups -OCH3 is 1. The Labute approximate surface area is 222 Å². The molecule has 0 spiro atoms. The first-order valence-electron chi connectivity index (χ1n) is 10.7. The highest BCUT2D eigenvalue weighted by Gasteiger charge is 2.33. The molecule has 1 aliphatic heterocycles. The van der Waals surface area contributed by atoms with Gasteiger partial charge in [0.15, 0.2) is 0 Å². The summed E-state index contributed by atoms with van der Waals surface area (Å²) in [6, 6.07) is 6.95. The second-order valence-corrected chi connectivity index (χ2v) is 12.9. The number of hydrogen-bond donors (Lipinski definition) is 1. The van der Waals surface area contributed by atoms with Crippen LogP contribution in [0.25, 0.3) is 10.1 Å². The van der Waals surface area contributed by atoms with E-state index in [1.165, 1.54) is 27.0 Å². The maximum absolute atomic E-state index is 13.2. The van der Waals surface area contributed by atoms with Crippen molar-refractivity contribution in [3.8, 4) is 0 Å². The van der Waals surface area contributed by atoms with Gasteiger partial charge in [-0.15, -0.1) is 22.7 Å². The number of piperazine rings is 1. The summed E-state index contributed by atoms with van der Waals surface area (Å²) in [5.74, 6) is -0.0463. The monoisotopic (exact) mass is 574 g/mol. The van der Waals surface area contributed by atoms with Crippen molar-refractivity contribution in [1.82, 2.24) is 14.1 Å². The molecule has 1 aliphatic rings. The fourth-order valence-corrected chi connectivity index (χ4v) is 8.29. The molecule has 0 saturated carbocycles. The zero-order valence-corrected chi connectivity index (χ0v) is 23.0. The summed E-state index contributed by atoms with van der Waals surface area (Å²) >= 11 is 14.9. The molecule has 0 atom stereocenters. The quantitative estimate of drug-likeness (QED) is 0.335. The summed E-state index contributed by atoms with van der Waals surface area (Å²) in [5.41, 5.74) is 0.490. The highest BCUT2D eigenvalue weighted by atomic mass is 35.5. The number of rotatable bonds is 7. The maximum Gasteiger partial charge on any atom is 0.265 e. The Balaban J connectivity index is 1.43. The fourth-order valence-electron chi connectivity index (χ4n) is 3.70. The second-order valence-electron chi connectivity index (χ2n) is 8.00. The molecule has 1 saturated heterocycles. The molecule has 0 bridgehead atoms.